The number of nitrogens with zero attached hydrogens (tertiary/aromatic N) is 1. The average molecular weight is 491 g/mol. The number of benzene rings is 2. The first-order valence-corrected chi connectivity index (χ1v) is 10.5. The lowest BCUT2D eigenvalue weighted by Gasteiger charge is -2.08. The summed E-state index contributed by atoms with van der Waals surface area (Å²) in [5.41, 5.74) is 2.82. The molecule has 0 bridgehead atoms. The van der Waals surface area contributed by atoms with Crippen LogP contribution in [0.4, 0.5) is 5.69 Å². The van der Waals surface area contributed by atoms with Crippen molar-refractivity contribution in [2.45, 2.75) is 0 Å². The normalized spacial score (nSPS) is 10.9. The molecular weight excluding hydrogens is 472 g/mol. The van der Waals surface area contributed by atoms with E-state index in [1.54, 1.807) is 49.5 Å². The summed E-state index contributed by atoms with van der Waals surface area (Å²) in [6, 6.07) is 16.1. The number of carbonyl (C=O) groups excluding carboxylic acids is 2. The van der Waals surface area contributed by atoms with E-state index in [9.17, 15) is 9.59 Å². The molecule has 8 heteroatoms. The number of H-pyrrole nitrogens is 1. The van der Waals surface area contributed by atoms with Crippen molar-refractivity contribution in [3.63, 3.8) is 0 Å². The van der Waals surface area contributed by atoms with Gasteiger partial charge in [0.15, 0.2) is 0 Å². The Balaban J connectivity index is 1.38. The number of aromatic amines is 1. The highest BCUT2D eigenvalue weighted by Gasteiger charge is 2.07. The van der Waals surface area contributed by atoms with Gasteiger partial charge in [0.1, 0.15) is 17.2 Å². The van der Waals surface area contributed by atoms with Gasteiger partial charge in [0.05, 0.1) is 0 Å². The van der Waals surface area contributed by atoms with Crippen molar-refractivity contribution in [1.82, 2.24) is 15.3 Å². The van der Waals surface area contributed by atoms with Crippen LogP contribution >= 0.6 is 15.9 Å². The monoisotopic (exact) mass is 490 g/mol. The highest BCUT2D eigenvalue weighted by Crippen LogP contribution is 2.24. The number of nitrogens with one attached hydrogen (secondary N) is 3. The first kappa shape index (κ1) is 21.3. The SMILES string of the molecule is CNC(=O)c1cc(Oc2ccc(NC(=O)C=Cc3c[nH]c4cc(Br)ccc34)cc2)ccn1. The fourth-order valence-corrected chi connectivity index (χ4v) is 3.44. The van der Waals surface area contributed by atoms with Gasteiger partial charge in [0.2, 0.25) is 5.91 Å². The van der Waals surface area contributed by atoms with Crippen molar-refractivity contribution >= 4 is 50.4 Å². The van der Waals surface area contributed by atoms with Crippen molar-refractivity contribution in [3.05, 3.63) is 88.8 Å². The summed E-state index contributed by atoms with van der Waals surface area (Å²) in [5, 5.41) is 6.38. The molecule has 0 unspecified atom stereocenters. The summed E-state index contributed by atoms with van der Waals surface area (Å²) in [7, 11) is 1.54. The van der Waals surface area contributed by atoms with Crippen LogP contribution in [0, 0.1) is 0 Å². The van der Waals surface area contributed by atoms with E-state index in [1.165, 1.54) is 12.3 Å². The average Bonchev–Trinajstić information content (AvgIpc) is 3.20. The standard InChI is InChI=1S/C24H19BrN4O3/c1-26-24(31)22-13-19(10-11-27-22)32-18-6-4-17(5-7-18)29-23(30)9-2-15-14-28-21-12-16(25)3-8-20(15)21/h2-14,28H,1H3,(H,26,31)(H,29,30). The molecule has 3 N–H and O–H groups in total. The Bertz CT molecular complexity index is 1310. The van der Waals surface area contributed by atoms with Crippen molar-refractivity contribution < 1.29 is 14.3 Å². The molecule has 2 aromatic carbocycles. The number of amides is 2. The minimum atomic E-state index is -0.290. The van der Waals surface area contributed by atoms with E-state index >= 15 is 0 Å². The quantitative estimate of drug-likeness (QED) is 0.326. The van der Waals surface area contributed by atoms with Crippen LogP contribution in [0.5, 0.6) is 11.5 Å². The molecule has 4 rings (SSSR count). The third-order valence-electron chi connectivity index (χ3n) is 4.64. The second-order valence-electron chi connectivity index (χ2n) is 6.84. The smallest absolute Gasteiger partial charge is 0.269 e. The molecule has 2 aromatic heterocycles. The molecule has 2 amide bonds. The molecular formula is C24H19BrN4O3. The topological polar surface area (TPSA) is 96.1 Å². The predicted octanol–water partition coefficient (Wildman–Crippen LogP) is 5.13. The van der Waals surface area contributed by atoms with Crippen LogP contribution in [0.3, 0.4) is 0 Å². The van der Waals surface area contributed by atoms with Crippen LogP contribution in [0.25, 0.3) is 17.0 Å². The third-order valence-corrected chi connectivity index (χ3v) is 5.13. The summed E-state index contributed by atoms with van der Waals surface area (Å²) in [4.78, 5) is 31.2. The van der Waals surface area contributed by atoms with Gasteiger partial charge in [-0.15, -0.1) is 0 Å². The van der Waals surface area contributed by atoms with Crippen LogP contribution < -0.4 is 15.4 Å². The molecule has 0 fully saturated rings. The van der Waals surface area contributed by atoms with Crippen LogP contribution in [-0.4, -0.2) is 28.8 Å². The van der Waals surface area contributed by atoms with E-state index in [0.29, 0.717) is 17.2 Å². The molecule has 0 aliphatic rings. The fourth-order valence-electron chi connectivity index (χ4n) is 3.08. The summed E-state index contributed by atoms with van der Waals surface area (Å²) in [6.07, 6.45) is 6.63. The summed E-state index contributed by atoms with van der Waals surface area (Å²) in [6.45, 7) is 0. The van der Waals surface area contributed by atoms with Crippen LogP contribution in [-0.2, 0) is 4.79 Å². The van der Waals surface area contributed by atoms with Gasteiger partial charge in [-0.1, -0.05) is 22.0 Å². The van der Waals surface area contributed by atoms with E-state index in [0.717, 1.165) is 20.9 Å². The van der Waals surface area contributed by atoms with Crippen molar-refractivity contribution in [3.8, 4) is 11.5 Å². The van der Waals surface area contributed by atoms with Crippen LogP contribution in [0.2, 0.25) is 0 Å². The Hall–Kier alpha value is -3.91. The zero-order valence-corrected chi connectivity index (χ0v) is 18.6. The van der Waals surface area contributed by atoms with Gasteiger partial charge in [-0.25, -0.2) is 0 Å². The van der Waals surface area contributed by atoms with E-state index in [1.807, 2.05) is 24.4 Å². The van der Waals surface area contributed by atoms with Gasteiger partial charge in [-0.3, -0.25) is 14.6 Å². The number of halogens is 1. The van der Waals surface area contributed by atoms with Gasteiger partial charge in [-0.05, 0) is 54.1 Å². The van der Waals surface area contributed by atoms with E-state index in [-0.39, 0.29) is 17.5 Å². The van der Waals surface area contributed by atoms with Gasteiger partial charge < -0.3 is 20.4 Å². The maximum Gasteiger partial charge on any atom is 0.269 e. The molecule has 2 heterocycles. The minimum absolute atomic E-state index is 0.241. The summed E-state index contributed by atoms with van der Waals surface area (Å²) >= 11 is 3.45. The Morgan fingerprint density at radius 1 is 1.06 bits per heavy atom. The Labute approximate surface area is 192 Å². The summed E-state index contributed by atoms with van der Waals surface area (Å²) < 4.78 is 6.76. The van der Waals surface area contributed by atoms with Gasteiger partial charge in [-0.2, -0.15) is 0 Å². The molecule has 0 saturated carbocycles. The Morgan fingerprint density at radius 3 is 2.66 bits per heavy atom. The molecule has 7 nitrogen and oxygen atoms in total. The zero-order chi connectivity index (χ0) is 22.5. The van der Waals surface area contributed by atoms with Gasteiger partial charge in [0, 0.05) is 52.6 Å². The number of fused-ring (bicyclic) bond motifs is 1. The molecule has 0 spiro atoms. The fraction of sp³-hybridized carbons (Fsp3) is 0.0417. The first-order chi connectivity index (χ1) is 15.5. The lowest BCUT2D eigenvalue weighted by atomic mass is 10.1. The zero-order valence-electron chi connectivity index (χ0n) is 17.1. The molecule has 160 valence electrons. The van der Waals surface area contributed by atoms with Crippen molar-refractivity contribution in [2.75, 3.05) is 12.4 Å². The number of aromatic nitrogens is 2. The maximum atomic E-state index is 12.3. The van der Waals surface area contributed by atoms with Crippen molar-refractivity contribution in [1.29, 1.82) is 0 Å². The molecule has 0 radical (unpaired) electrons. The number of anilines is 1. The number of pyridine rings is 1. The van der Waals surface area contributed by atoms with Crippen LogP contribution in [0.15, 0.2) is 77.5 Å². The lowest BCUT2D eigenvalue weighted by molar-refractivity contribution is -0.111. The molecule has 0 atom stereocenters. The van der Waals surface area contributed by atoms with E-state index in [2.05, 4.69) is 36.5 Å². The Morgan fingerprint density at radius 2 is 1.88 bits per heavy atom. The number of ether oxygens (including phenoxy) is 1. The molecule has 0 aliphatic heterocycles. The second-order valence-corrected chi connectivity index (χ2v) is 7.75. The number of hydrogen-bond acceptors (Lipinski definition) is 4. The van der Waals surface area contributed by atoms with E-state index in [4.69, 9.17) is 4.74 Å². The third kappa shape index (κ3) is 5.04. The molecule has 0 aliphatic carbocycles. The predicted molar refractivity (Wildman–Crippen MR) is 128 cm³/mol. The maximum absolute atomic E-state index is 12.3. The largest absolute Gasteiger partial charge is 0.457 e. The van der Waals surface area contributed by atoms with E-state index < -0.39 is 0 Å². The van der Waals surface area contributed by atoms with Gasteiger partial charge >= 0.3 is 0 Å². The molecule has 32 heavy (non-hydrogen) atoms. The van der Waals surface area contributed by atoms with Crippen molar-refractivity contribution in [2.24, 2.45) is 0 Å². The second kappa shape index (κ2) is 9.49. The molecule has 4 aromatic rings. The number of rotatable bonds is 6. The summed E-state index contributed by atoms with van der Waals surface area (Å²) in [5.74, 6) is 0.526. The Kier molecular flexibility index (Phi) is 6.32. The first-order valence-electron chi connectivity index (χ1n) is 9.73. The van der Waals surface area contributed by atoms with Crippen LogP contribution in [0.1, 0.15) is 16.1 Å². The minimum Gasteiger partial charge on any atom is -0.457 e. The number of hydrogen-bond donors (Lipinski definition) is 3. The highest BCUT2D eigenvalue weighted by atomic mass is 79.9. The number of carbonyl (C=O) groups is 2. The van der Waals surface area contributed by atoms with Gasteiger partial charge in [0.25, 0.3) is 5.91 Å². The molecule has 0 saturated heterocycles. The lowest BCUT2D eigenvalue weighted by Crippen LogP contribution is -2.18. The highest BCUT2D eigenvalue weighted by molar-refractivity contribution is 9.10.